The number of carbonyl (C=O) groups excluding carboxylic acids is 1. The number of dihydropyridines is 1. The molecule has 114 valence electrons. The molecule has 2 aliphatic rings. The van der Waals surface area contributed by atoms with E-state index >= 15 is 0 Å². The summed E-state index contributed by atoms with van der Waals surface area (Å²) in [5, 5.41) is 3.29. The Morgan fingerprint density at radius 2 is 2.14 bits per heavy atom. The summed E-state index contributed by atoms with van der Waals surface area (Å²) in [7, 11) is 1.67. The lowest BCUT2D eigenvalue weighted by Crippen LogP contribution is -2.25. The number of benzene rings is 1. The van der Waals surface area contributed by atoms with Crippen molar-refractivity contribution < 1.29 is 9.53 Å². The molecular weight excluding hydrogens is 274 g/mol. The van der Waals surface area contributed by atoms with Gasteiger partial charge < -0.3 is 10.1 Å². The van der Waals surface area contributed by atoms with Crippen LogP contribution < -0.4 is 10.1 Å². The molecule has 1 N–H and O–H groups in total. The van der Waals surface area contributed by atoms with Crippen molar-refractivity contribution >= 4 is 11.9 Å². The van der Waals surface area contributed by atoms with Gasteiger partial charge in [0.1, 0.15) is 11.5 Å². The maximum Gasteiger partial charge on any atom is 0.140 e. The summed E-state index contributed by atoms with van der Waals surface area (Å²) in [6.45, 7) is 0. The predicted octanol–water partition coefficient (Wildman–Crippen LogP) is 3.84. The molecule has 1 fully saturated rings. The summed E-state index contributed by atoms with van der Waals surface area (Å²) < 4.78 is 5.41. The van der Waals surface area contributed by atoms with Gasteiger partial charge >= 0.3 is 0 Å². The van der Waals surface area contributed by atoms with Crippen LogP contribution in [0.2, 0.25) is 0 Å². The fraction of sp³-hybridized carbons (Fsp3) is 0.316. The van der Waals surface area contributed by atoms with Gasteiger partial charge in [0.15, 0.2) is 0 Å². The number of ketones is 1. The Labute approximate surface area is 131 Å². The van der Waals surface area contributed by atoms with Crippen molar-refractivity contribution in [1.82, 2.24) is 5.32 Å². The van der Waals surface area contributed by atoms with Crippen molar-refractivity contribution in [3.05, 3.63) is 59.5 Å². The van der Waals surface area contributed by atoms with E-state index in [9.17, 15) is 4.79 Å². The van der Waals surface area contributed by atoms with Crippen molar-refractivity contribution in [3.8, 4) is 5.75 Å². The number of hydrogen-bond donors (Lipinski definition) is 1. The fourth-order valence-electron chi connectivity index (χ4n) is 3.14. The number of methoxy groups -OCH3 is 1. The Morgan fingerprint density at radius 3 is 2.95 bits per heavy atom. The van der Waals surface area contributed by atoms with E-state index in [2.05, 4.69) is 17.5 Å². The molecule has 3 rings (SSSR count). The van der Waals surface area contributed by atoms with Crippen LogP contribution in [0, 0.1) is 5.92 Å². The number of Topliss-reactive ketones (excluding diaryl/α,β-unsaturated/α-hetero) is 1. The van der Waals surface area contributed by atoms with Crippen molar-refractivity contribution in [2.24, 2.45) is 5.92 Å². The second-order valence-corrected chi connectivity index (χ2v) is 5.69. The van der Waals surface area contributed by atoms with Gasteiger partial charge in [-0.25, -0.2) is 0 Å². The first kappa shape index (κ1) is 14.6. The quantitative estimate of drug-likeness (QED) is 0.920. The van der Waals surface area contributed by atoms with Crippen LogP contribution in [0.25, 0.3) is 6.08 Å². The smallest absolute Gasteiger partial charge is 0.140 e. The summed E-state index contributed by atoms with van der Waals surface area (Å²) in [5.41, 5.74) is 3.10. The van der Waals surface area contributed by atoms with E-state index in [1.165, 1.54) is 0 Å². The third-order valence-electron chi connectivity index (χ3n) is 4.29. The molecule has 22 heavy (non-hydrogen) atoms. The Morgan fingerprint density at radius 1 is 1.27 bits per heavy atom. The molecule has 0 aromatic heterocycles. The Kier molecular flexibility index (Phi) is 4.42. The molecule has 1 aliphatic carbocycles. The van der Waals surface area contributed by atoms with Crippen LogP contribution in [-0.2, 0) is 4.79 Å². The zero-order chi connectivity index (χ0) is 15.4. The zero-order valence-electron chi connectivity index (χ0n) is 12.8. The molecule has 1 heterocycles. The Bertz CT molecular complexity index is 655. The number of allylic oxidation sites excluding steroid dienone is 3. The van der Waals surface area contributed by atoms with Gasteiger partial charge in [0, 0.05) is 29.8 Å². The van der Waals surface area contributed by atoms with Crippen LogP contribution in [0.15, 0.2) is 53.9 Å². The number of nitrogens with one attached hydrogen (secondary N) is 1. The third-order valence-corrected chi connectivity index (χ3v) is 4.29. The molecule has 0 saturated heterocycles. The normalized spacial score (nSPS) is 23.1. The monoisotopic (exact) mass is 295 g/mol. The van der Waals surface area contributed by atoms with Crippen LogP contribution in [-0.4, -0.2) is 12.9 Å². The van der Waals surface area contributed by atoms with E-state index in [-0.39, 0.29) is 5.92 Å². The molecule has 0 radical (unpaired) electrons. The molecular formula is C19H21NO2. The van der Waals surface area contributed by atoms with Gasteiger partial charge in [0.05, 0.1) is 7.11 Å². The molecule has 0 spiro atoms. The van der Waals surface area contributed by atoms with Gasteiger partial charge in [-0.05, 0) is 36.6 Å². The van der Waals surface area contributed by atoms with Gasteiger partial charge in [-0.3, -0.25) is 4.79 Å². The first-order chi connectivity index (χ1) is 10.8. The molecule has 1 saturated carbocycles. The topological polar surface area (TPSA) is 38.3 Å². The lowest BCUT2D eigenvalue weighted by Gasteiger charge is -2.26. The third kappa shape index (κ3) is 2.98. The van der Waals surface area contributed by atoms with E-state index in [1.807, 2.05) is 36.5 Å². The Balaban J connectivity index is 1.95. The molecule has 1 unspecified atom stereocenters. The lowest BCUT2D eigenvalue weighted by atomic mass is 9.80. The minimum Gasteiger partial charge on any atom is -0.496 e. The molecule has 1 aliphatic heterocycles. The fourth-order valence-corrected chi connectivity index (χ4v) is 3.14. The van der Waals surface area contributed by atoms with Gasteiger partial charge in [0.25, 0.3) is 0 Å². The van der Waals surface area contributed by atoms with Gasteiger partial charge in [0.2, 0.25) is 0 Å². The van der Waals surface area contributed by atoms with Gasteiger partial charge in [-0.1, -0.05) is 30.7 Å². The molecule has 0 amide bonds. The average Bonchev–Trinajstić information content (AvgIpc) is 2.57. The summed E-state index contributed by atoms with van der Waals surface area (Å²) in [5.74, 6) is 1.22. The standard InChI is InChI=1S/C19H21NO2/c1-22-19-11-5-2-7-14(19)13-17-15(9-6-12-20-17)16-8-3-4-10-18(16)21/h2,5-7,9,11-13,16,20H,3-4,8,10H2,1H3. The predicted molar refractivity (Wildman–Crippen MR) is 88.3 cm³/mol. The summed E-state index contributed by atoms with van der Waals surface area (Å²) >= 11 is 0. The summed E-state index contributed by atoms with van der Waals surface area (Å²) in [6, 6.07) is 7.91. The van der Waals surface area contributed by atoms with E-state index in [0.29, 0.717) is 12.2 Å². The second kappa shape index (κ2) is 6.65. The van der Waals surface area contributed by atoms with Crippen molar-refractivity contribution in [3.63, 3.8) is 0 Å². The zero-order valence-corrected chi connectivity index (χ0v) is 12.8. The maximum absolute atomic E-state index is 12.3. The second-order valence-electron chi connectivity index (χ2n) is 5.69. The lowest BCUT2D eigenvalue weighted by molar-refractivity contribution is -0.123. The van der Waals surface area contributed by atoms with Crippen LogP contribution in [0.1, 0.15) is 31.2 Å². The van der Waals surface area contributed by atoms with Gasteiger partial charge in [-0.15, -0.1) is 0 Å². The first-order valence-electron chi connectivity index (χ1n) is 7.80. The van der Waals surface area contributed by atoms with Gasteiger partial charge in [-0.2, -0.15) is 0 Å². The molecule has 3 heteroatoms. The Hall–Kier alpha value is -2.29. The number of rotatable bonds is 3. The summed E-state index contributed by atoms with van der Waals surface area (Å²) in [6.07, 6.45) is 11.8. The molecule has 1 aromatic carbocycles. The highest BCUT2D eigenvalue weighted by atomic mass is 16.5. The van der Waals surface area contributed by atoms with Crippen molar-refractivity contribution in [2.75, 3.05) is 7.11 Å². The van der Waals surface area contributed by atoms with Crippen LogP contribution >= 0.6 is 0 Å². The molecule has 0 bridgehead atoms. The van der Waals surface area contributed by atoms with Crippen LogP contribution in [0.3, 0.4) is 0 Å². The minimum atomic E-state index is 0.0205. The molecule has 1 aromatic rings. The molecule has 1 atom stereocenters. The first-order valence-corrected chi connectivity index (χ1v) is 7.80. The largest absolute Gasteiger partial charge is 0.496 e. The molecule has 3 nitrogen and oxygen atoms in total. The van der Waals surface area contributed by atoms with E-state index in [4.69, 9.17) is 4.74 Å². The van der Waals surface area contributed by atoms with Crippen LogP contribution in [0.4, 0.5) is 0 Å². The number of para-hydroxylation sites is 1. The van der Waals surface area contributed by atoms with Crippen molar-refractivity contribution in [1.29, 1.82) is 0 Å². The number of hydrogen-bond acceptors (Lipinski definition) is 3. The van der Waals surface area contributed by atoms with E-state index in [1.54, 1.807) is 7.11 Å². The van der Waals surface area contributed by atoms with E-state index < -0.39 is 0 Å². The van der Waals surface area contributed by atoms with Crippen molar-refractivity contribution in [2.45, 2.75) is 25.7 Å². The minimum absolute atomic E-state index is 0.0205. The number of carbonyl (C=O) groups is 1. The van der Waals surface area contributed by atoms with Crippen LogP contribution in [0.5, 0.6) is 5.75 Å². The maximum atomic E-state index is 12.3. The number of ether oxygens (including phenoxy) is 1. The SMILES string of the molecule is COc1ccccc1C=C1NC=CC=C1C1CCCCC1=O. The average molecular weight is 295 g/mol. The highest BCUT2D eigenvalue weighted by Crippen LogP contribution is 2.33. The summed E-state index contributed by atoms with van der Waals surface area (Å²) in [4.78, 5) is 12.3. The highest BCUT2D eigenvalue weighted by molar-refractivity contribution is 5.86. The highest BCUT2D eigenvalue weighted by Gasteiger charge is 2.28. The van der Waals surface area contributed by atoms with E-state index in [0.717, 1.165) is 41.8 Å².